The maximum absolute atomic E-state index is 11.6. The lowest BCUT2D eigenvalue weighted by atomic mass is 10.1. The summed E-state index contributed by atoms with van der Waals surface area (Å²) in [4.78, 5) is 11.6. The van der Waals surface area contributed by atoms with Crippen molar-refractivity contribution in [2.45, 2.75) is 33.1 Å². The molecule has 0 saturated heterocycles. The molecule has 2 N–H and O–H groups in total. The minimum Gasteiger partial charge on any atom is -0.384 e. The summed E-state index contributed by atoms with van der Waals surface area (Å²) in [5.41, 5.74) is 2.77. The Morgan fingerprint density at radius 3 is 2.78 bits per heavy atom. The van der Waals surface area contributed by atoms with Crippen LogP contribution in [0.25, 0.3) is 0 Å². The summed E-state index contributed by atoms with van der Waals surface area (Å²) < 4.78 is 0. The number of aliphatic hydroxyl groups is 1. The van der Waals surface area contributed by atoms with Gasteiger partial charge >= 0.3 is 0 Å². The number of aliphatic hydroxyl groups excluding tert-OH is 1. The van der Waals surface area contributed by atoms with Crippen LogP contribution in [-0.4, -0.2) is 17.6 Å². The van der Waals surface area contributed by atoms with Crippen molar-refractivity contribution in [2.24, 2.45) is 0 Å². The largest absolute Gasteiger partial charge is 0.384 e. The molecule has 0 spiro atoms. The van der Waals surface area contributed by atoms with E-state index in [0.717, 1.165) is 29.7 Å². The first-order chi connectivity index (χ1) is 8.71. The fourth-order valence-corrected chi connectivity index (χ4v) is 1.67. The van der Waals surface area contributed by atoms with E-state index in [2.05, 4.69) is 17.2 Å². The first kappa shape index (κ1) is 14.3. The Hall–Kier alpha value is -1.79. The lowest BCUT2D eigenvalue weighted by molar-refractivity contribution is -0.116. The molecule has 1 rings (SSSR count). The van der Waals surface area contributed by atoms with Crippen LogP contribution in [0.1, 0.15) is 37.8 Å². The highest BCUT2D eigenvalue weighted by Crippen LogP contribution is 2.18. The highest BCUT2D eigenvalue weighted by Gasteiger charge is 2.05. The number of aryl methyl sites for hydroxylation is 1. The minimum atomic E-state index is -0.142. The Morgan fingerprint density at radius 1 is 1.39 bits per heavy atom. The standard InChI is InChI=1S/C15H19NO2/c1-3-6-15(18)16-14-9-8-12(7-5-10-17)11-13(14)4-2/h8-9,11,17H,3-4,6,10H2,1-2H3,(H,16,18). The third-order valence-corrected chi connectivity index (χ3v) is 2.55. The summed E-state index contributed by atoms with van der Waals surface area (Å²) in [6.07, 6.45) is 2.21. The van der Waals surface area contributed by atoms with Crippen molar-refractivity contribution in [2.75, 3.05) is 11.9 Å². The molecule has 18 heavy (non-hydrogen) atoms. The van der Waals surface area contributed by atoms with E-state index in [0.29, 0.717) is 6.42 Å². The SMILES string of the molecule is CCCC(=O)Nc1ccc(C#CCO)cc1CC. The highest BCUT2D eigenvalue weighted by atomic mass is 16.2. The van der Waals surface area contributed by atoms with Crippen LogP contribution in [0.3, 0.4) is 0 Å². The molecule has 0 saturated carbocycles. The van der Waals surface area contributed by atoms with E-state index >= 15 is 0 Å². The van der Waals surface area contributed by atoms with Crippen LogP contribution >= 0.6 is 0 Å². The van der Waals surface area contributed by atoms with Crippen molar-refractivity contribution < 1.29 is 9.90 Å². The Kier molecular flexibility index (Phi) is 5.96. The van der Waals surface area contributed by atoms with Crippen LogP contribution in [0.4, 0.5) is 5.69 Å². The third kappa shape index (κ3) is 4.23. The average molecular weight is 245 g/mol. The Labute approximate surface area is 108 Å². The second-order valence-electron chi connectivity index (χ2n) is 3.98. The van der Waals surface area contributed by atoms with Crippen molar-refractivity contribution in [1.82, 2.24) is 0 Å². The van der Waals surface area contributed by atoms with E-state index in [1.807, 2.05) is 32.0 Å². The summed E-state index contributed by atoms with van der Waals surface area (Å²) in [5.74, 6) is 5.52. The molecular formula is C15H19NO2. The Balaban J connectivity index is 2.89. The first-order valence-corrected chi connectivity index (χ1v) is 6.23. The number of rotatable bonds is 4. The maximum Gasteiger partial charge on any atom is 0.224 e. The van der Waals surface area contributed by atoms with Crippen LogP contribution in [0.5, 0.6) is 0 Å². The third-order valence-electron chi connectivity index (χ3n) is 2.55. The van der Waals surface area contributed by atoms with Gasteiger partial charge in [0.25, 0.3) is 0 Å². The topological polar surface area (TPSA) is 49.3 Å². The van der Waals surface area contributed by atoms with Crippen molar-refractivity contribution in [1.29, 1.82) is 0 Å². The van der Waals surface area contributed by atoms with Gasteiger partial charge in [0.05, 0.1) is 0 Å². The zero-order valence-corrected chi connectivity index (χ0v) is 10.9. The predicted molar refractivity (Wildman–Crippen MR) is 73.3 cm³/mol. The fraction of sp³-hybridized carbons (Fsp3) is 0.400. The molecule has 0 bridgehead atoms. The number of carbonyl (C=O) groups excluding carboxylic acids is 1. The van der Waals surface area contributed by atoms with Crippen LogP contribution in [0.2, 0.25) is 0 Å². The molecule has 1 aromatic rings. The summed E-state index contributed by atoms with van der Waals surface area (Å²) in [6, 6.07) is 5.67. The van der Waals surface area contributed by atoms with Gasteiger partial charge in [-0.15, -0.1) is 0 Å². The molecule has 0 unspecified atom stereocenters. The van der Waals surface area contributed by atoms with E-state index in [4.69, 9.17) is 5.11 Å². The van der Waals surface area contributed by atoms with Gasteiger partial charge in [0.1, 0.15) is 6.61 Å². The number of anilines is 1. The number of hydrogen-bond acceptors (Lipinski definition) is 2. The fourth-order valence-electron chi connectivity index (χ4n) is 1.67. The number of hydrogen-bond donors (Lipinski definition) is 2. The number of nitrogens with one attached hydrogen (secondary N) is 1. The van der Waals surface area contributed by atoms with Crippen molar-refractivity contribution in [3.8, 4) is 11.8 Å². The summed E-state index contributed by atoms with van der Waals surface area (Å²) in [6.45, 7) is 3.87. The van der Waals surface area contributed by atoms with E-state index < -0.39 is 0 Å². The van der Waals surface area contributed by atoms with Gasteiger partial charge < -0.3 is 10.4 Å². The zero-order valence-electron chi connectivity index (χ0n) is 10.9. The second-order valence-corrected chi connectivity index (χ2v) is 3.98. The lowest BCUT2D eigenvalue weighted by Crippen LogP contribution is -2.12. The minimum absolute atomic E-state index is 0.0430. The smallest absolute Gasteiger partial charge is 0.224 e. The predicted octanol–water partition coefficient (Wildman–Crippen LogP) is 2.33. The van der Waals surface area contributed by atoms with Gasteiger partial charge in [-0.1, -0.05) is 25.7 Å². The van der Waals surface area contributed by atoms with Gasteiger partial charge in [-0.2, -0.15) is 0 Å². The molecule has 1 amide bonds. The second kappa shape index (κ2) is 7.52. The summed E-state index contributed by atoms with van der Waals surface area (Å²) in [5, 5.41) is 11.6. The van der Waals surface area contributed by atoms with E-state index in [9.17, 15) is 4.79 Å². The van der Waals surface area contributed by atoms with Crippen LogP contribution in [0.15, 0.2) is 18.2 Å². The highest BCUT2D eigenvalue weighted by molar-refractivity contribution is 5.91. The summed E-state index contributed by atoms with van der Waals surface area (Å²) in [7, 11) is 0. The average Bonchev–Trinajstić information content (AvgIpc) is 2.37. The van der Waals surface area contributed by atoms with Crippen LogP contribution < -0.4 is 5.32 Å². The lowest BCUT2D eigenvalue weighted by Gasteiger charge is -2.10. The summed E-state index contributed by atoms with van der Waals surface area (Å²) >= 11 is 0. The van der Waals surface area contributed by atoms with Gasteiger partial charge in [0.2, 0.25) is 5.91 Å². The quantitative estimate of drug-likeness (QED) is 0.800. The van der Waals surface area contributed by atoms with Crippen molar-refractivity contribution >= 4 is 11.6 Å². The van der Waals surface area contributed by atoms with Crippen molar-refractivity contribution in [3.63, 3.8) is 0 Å². The number of benzene rings is 1. The normalized spacial score (nSPS) is 9.50. The van der Waals surface area contributed by atoms with Gasteiger partial charge in [-0.05, 0) is 36.6 Å². The van der Waals surface area contributed by atoms with Gasteiger partial charge in [-0.3, -0.25) is 4.79 Å². The molecule has 0 atom stereocenters. The molecule has 3 heteroatoms. The number of amides is 1. The molecule has 0 aliphatic heterocycles. The van der Waals surface area contributed by atoms with E-state index in [-0.39, 0.29) is 12.5 Å². The molecule has 96 valence electrons. The maximum atomic E-state index is 11.6. The van der Waals surface area contributed by atoms with Gasteiger partial charge in [-0.25, -0.2) is 0 Å². The molecule has 0 aliphatic rings. The molecular weight excluding hydrogens is 226 g/mol. The Morgan fingerprint density at radius 2 is 2.17 bits per heavy atom. The van der Waals surface area contributed by atoms with Crippen LogP contribution in [0, 0.1) is 11.8 Å². The van der Waals surface area contributed by atoms with Gasteiger partial charge in [0, 0.05) is 17.7 Å². The van der Waals surface area contributed by atoms with Gasteiger partial charge in [0.15, 0.2) is 0 Å². The molecule has 0 radical (unpaired) electrons. The molecule has 1 aromatic carbocycles. The van der Waals surface area contributed by atoms with E-state index in [1.54, 1.807) is 0 Å². The van der Waals surface area contributed by atoms with Crippen molar-refractivity contribution in [3.05, 3.63) is 29.3 Å². The monoisotopic (exact) mass is 245 g/mol. The molecule has 0 heterocycles. The first-order valence-electron chi connectivity index (χ1n) is 6.23. The molecule has 3 nitrogen and oxygen atoms in total. The Bertz CT molecular complexity index is 469. The molecule has 0 aromatic heterocycles. The number of carbonyl (C=O) groups is 1. The molecule has 0 aliphatic carbocycles. The molecule has 0 fully saturated rings. The van der Waals surface area contributed by atoms with Crippen LogP contribution in [-0.2, 0) is 11.2 Å². The van der Waals surface area contributed by atoms with E-state index in [1.165, 1.54) is 0 Å². The zero-order chi connectivity index (χ0) is 13.4.